The van der Waals surface area contributed by atoms with E-state index in [-0.39, 0.29) is 43.7 Å². The van der Waals surface area contributed by atoms with Crippen LogP contribution in [-0.4, -0.2) is 69.5 Å². The van der Waals surface area contributed by atoms with Crippen LogP contribution in [0.25, 0.3) is 11.7 Å². The number of nitrogens with zero attached hydrogens (tertiary/aromatic N) is 4. The van der Waals surface area contributed by atoms with Gasteiger partial charge in [-0.1, -0.05) is 30.0 Å². The number of thioether (sulfide) groups is 1. The number of thiocarbonyl (C=S) groups is 1. The lowest BCUT2D eigenvalue weighted by Crippen LogP contribution is -2.40. The molecule has 0 bridgehead atoms. The fraction of sp³-hybridized carbons (Fsp3) is 0.409. The lowest BCUT2D eigenvalue weighted by Gasteiger charge is -2.32. The Morgan fingerprint density at radius 3 is 2.60 bits per heavy atom. The third-order valence-electron chi connectivity index (χ3n) is 6.62. The highest BCUT2D eigenvalue weighted by molar-refractivity contribution is 8.26. The summed E-state index contributed by atoms with van der Waals surface area (Å²) in [4.78, 5) is 46.6. The van der Waals surface area contributed by atoms with Gasteiger partial charge in [-0.3, -0.25) is 23.7 Å². The summed E-state index contributed by atoms with van der Waals surface area (Å²) in [6, 6.07) is 4.73. The van der Waals surface area contributed by atoms with Crippen LogP contribution < -0.4 is 16.2 Å². The smallest absolute Gasteiger partial charge is 0.267 e. The molecule has 3 saturated heterocycles. The molecule has 13 heteroatoms. The van der Waals surface area contributed by atoms with Crippen molar-refractivity contribution in [2.24, 2.45) is 11.7 Å². The van der Waals surface area contributed by atoms with Gasteiger partial charge in [0.05, 0.1) is 28.0 Å². The van der Waals surface area contributed by atoms with Crippen LogP contribution in [0.1, 0.15) is 24.8 Å². The van der Waals surface area contributed by atoms with Crippen LogP contribution in [0.2, 0.25) is 0 Å². The van der Waals surface area contributed by atoms with Crippen molar-refractivity contribution >= 4 is 67.5 Å². The zero-order chi connectivity index (χ0) is 24.9. The standard InChI is InChI=1S/C22H23N5O5S3/c23-18(28)13-4-8-25(9-5-13)19-15(20(29)26-7-2-1-3-17(26)24-19)11-16-21(30)27(22(33)34-16)14-6-10-35(31,32)12-14/h1-3,7,11,13-14H,4-6,8-10,12H2,(H2,23,28). The molecule has 0 saturated carbocycles. The number of carbonyl (C=O) groups is 2. The molecule has 3 fully saturated rings. The fourth-order valence-corrected chi connectivity index (χ4v) is 7.82. The van der Waals surface area contributed by atoms with E-state index < -0.39 is 21.8 Å². The number of carbonyl (C=O) groups excluding carboxylic acids is 2. The van der Waals surface area contributed by atoms with Crippen molar-refractivity contribution in [2.75, 3.05) is 29.5 Å². The predicted molar refractivity (Wildman–Crippen MR) is 138 cm³/mol. The normalized spacial score (nSPS) is 24.1. The second-order valence-corrected chi connectivity index (χ2v) is 12.8. The second-order valence-electron chi connectivity index (χ2n) is 8.86. The number of piperidine rings is 1. The number of hydrogen-bond donors (Lipinski definition) is 1. The molecule has 10 nitrogen and oxygen atoms in total. The molecule has 2 aromatic heterocycles. The Hall–Kier alpha value is -2.77. The topological polar surface area (TPSA) is 135 Å². The maximum atomic E-state index is 13.5. The van der Waals surface area contributed by atoms with Gasteiger partial charge in [0.25, 0.3) is 11.5 Å². The molecule has 2 aromatic rings. The number of pyridine rings is 1. The third kappa shape index (κ3) is 4.47. The van der Waals surface area contributed by atoms with Crippen molar-refractivity contribution in [3.8, 4) is 0 Å². The Balaban J connectivity index is 1.54. The maximum Gasteiger partial charge on any atom is 0.267 e. The van der Waals surface area contributed by atoms with E-state index >= 15 is 0 Å². The Bertz CT molecular complexity index is 1440. The van der Waals surface area contributed by atoms with Gasteiger partial charge >= 0.3 is 0 Å². The first-order chi connectivity index (χ1) is 16.6. The molecule has 5 heterocycles. The summed E-state index contributed by atoms with van der Waals surface area (Å²) < 4.78 is 25.6. The van der Waals surface area contributed by atoms with E-state index in [9.17, 15) is 22.8 Å². The SMILES string of the molecule is NC(=O)C1CCN(c2nc3ccccn3c(=O)c2C=C2SC(=S)N(C3CCS(=O)(=O)C3)C2=O)CC1. The number of hydrogen-bond acceptors (Lipinski definition) is 9. The first-order valence-electron chi connectivity index (χ1n) is 11.2. The summed E-state index contributed by atoms with van der Waals surface area (Å²) in [6.07, 6.45) is 4.54. The van der Waals surface area contributed by atoms with Gasteiger partial charge in [-0.25, -0.2) is 13.4 Å². The minimum atomic E-state index is -3.20. The largest absolute Gasteiger partial charge is 0.369 e. The van der Waals surface area contributed by atoms with Crippen LogP contribution >= 0.6 is 24.0 Å². The highest BCUT2D eigenvalue weighted by Crippen LogP contribution is 2.37. The van der Waals surface area contributed by atoms with Crippen molar-refractivity contribution in [1.82, 2.24) is 14.3 Å². The van der Waals surface area contributed by atoms with Gasteiger partial charge in [-0.2, -0.15) is 0 Å². The molecule has 2 amide bonds. The van der Waals surface area contributed by atoms with E-state index in [0.717, 1.165) is 11.8 Å². The molecule has 35 heavy (non-hydrogen) atoms. The van der Waals surface area contributed by atoms with Gasteiger partial charge in [0.2, 0.25) is 5.91 Å². The number of fused-ring (bicyclic) bond motifs is 1. The van der Waals surface area contributed by atoms with Crippen molar-refractivity contribution < 1.29 is 18.0 Å². The van der Waals surface area contributed by atoms with Crippen LogP contribution in [-0.2, 0) is 19.4 Å². The molecule has 2 N–H and O–H groups in total. The van der Waals surface area contributed by atoms with Crippen LogP contribution in [0.15, 0.2) is 34.1 Å². The number of primary amides is 1. The Morgan fingerprint density at radius 1 is 1.20 bits per heavy atom. The van der Waals surface area contributed by atoms with Gasteiger partial charge in [0, 0.05) is 25.2 Å². The predicted octanol–water partition coefficient (Wildman–Crippen LogP) is 0.784. The Labute approximate surface area is 211 Å². The van der Waals surface area contributed by atoms with E-state index in [2.05, 4.69) is 0 Å². The van der Waals surface area contributed by atoms with Crippen LogP contribution in [0.5, 0.6) is 0 Å². The minimum absolute atomic E-state index is 0.0229. The summed E-state index contributed by atoms with van der Waals surface area (Å²) in [7, 11) is -3.20. The summed E-state index contributed by atoms with van der Waals surface area (Å²) in [5.74, 6) is -0.637. The summed E-state index contributed by atoms with van der Waals surface area (Å²) in [5.41, 5.74) is 5.84. The number of sulfone groups is 1. The van der Waals surface area contributed by atoms with E-state index in [1.54, 1.807) is 24.4 Å². The molecule has 1 unspecified atom stereocenters. The van der Waals surface area contributed by atoms with Gasteiger partial charge in [0.15, 0.2) is 9.84 Å². The first-order valence-corrected chi connectivity index (χ1v) is 14.2. The number of nitrogens with two attached hydrogens (primary N) is 1. The van der Waals surface area contributed by atoms with E-state index in [4.69, 9.17) is 22.9 Å². The average molecular weight is 534 g/mol. The second kappa shape index (κ2) is 9.03. The molecule has 0 aromatic carbocycles. The molecule has 0 radical (unpaired) electrons. The zero-order valence-electron chi connectivity index (χ0n) is 18.6. The van der Waals surface area contributed by atoms with Crippen molar-refractivity contribution in [3.05, 3.63) is 45.2 Å². The maximum absolute atomic E-state index is 13.5. The minimum Gasteiger partial charge on any atom is -0.369 e. The number of rotatable bonds is 4. The Morgan fingerprint density at radius 2 is 1.94 bits per heavy atom. The van der Waals surface area contributed by atoms with E-state index in [0.29, 0.717) is 43.8 Å². The fourth-order valence-electron chi connectivity index (χ4n) is 4.74. The Kier molecular flexibility index (Phi) is 6.18. The molecule has 3 aliphatic rings. The van der Waals surface area contributed by atoms with Gasteiger partial charge < -0.3 is 10.6 Å². The third-order valence-corrected chi connectivity index (χ3v) is 9.70. The van der Waals surface area contributed by atoms with Crippen molar-refractivity contribution in [3.63, 3.8) is 0 Å². The average Bonchev–Trinajstić information content (AvgIpc) is 3.32. The van der Waals surface area contributed by atoms with Gasteiger partial charge in [-0.15, -0.1) is 0 Å². The summed E-state index contributed by atoms with van der Waals surface area (Å²) in [6.45, 7) is 0.982. The monoisotopic (exact) mass is 533 g/mol. The van der Waals surface area contributed by atoms with Gasteiger partial charge in [-0.05, 0) is 37.5 Å². The molecular weight excluding hydrogens is 510 g/mol. The van der Waals surface area contributed by atoms with Crippen LogP contribution in [0, 0.1) is 5.92 Å². The summed E-state index contributed by atoms with van der Waals surface area (Å²) >= 11 is 6.46. The molecule has 5 rings (SSSR count). The van der Waals surface area contributed by atoms with E-state index in [1.807, 2.05) is 4.90 Å². The number of amides is 2. The number of aromatic nitrogens is 2. The highest BCUT2D eigenvalue weighted by Gasteiger charge is 2.42. The highest BCUT2D eigenvalue weighted by atomic mass is 32.2. The molecule has 0 spiro atoms. The molecule has 0 aliphatic carbocycles. The van der Waals surface area contributed by atoms with Gasteiger partial charge in [0.1, 0.15) is 15.8 Å². The molecule has 184 valence electrons. The zero-order valence-corrected chi connectivity index (χ0v) is 21.1. The first kappa shape index (κ1) is 23.9. The lowest BCUT2D eigenvalue weighted by molar-refractivity contribution is -0.123. The van der Waals surface area contributed by atoms with Crippen molar-refractivity contribution in [2.45, 2.75) is 25.3 Å². The molecular formula is C22H23N5O5S3. The van der Waals surface area contributed by atoms with E-state index in [1.165, 1.54) is 15.4 Å². The lowest BCUT2D eigenvalue weighted by atomic mass is 9.96. The number of anilines is 1. The van der Waals surface area contributed by atoms with Crippen molar-refractivity contribution in [1.29, 1.82) is 0 Å². The van der Waals surface area contributed by atoms with Crippen LogP contribution in [0.4, 0.5) is 5.82 Å². The summed E-state index contributed by atoms with van der Waals surface area (Å²) in [5, 5.41) is 0. The quantitative estimate of drug-likeness (QED) is 0.447. The molecule has 3 aliphatic heterocycles. The molecule has 1 atom stereocenters. The van der Waals surface area contributed by atoms with Crippen LogP contribution in [0.3, 0.4) is 0 Å².